The summed E-state index contributed by atoms with van der Waals surface area (Å²) in [5, 5.41) is 3.74. The highest BCUT2D eigenvalue weighted by atomic mass is 35.5. The Kier molecular flexibility index (Phi) is 6.43. The number of anilines is 1. The topological polar surface area (TPSA) is 87.6 Å². The average molecular weight is 450 g/mol. The first-order valence-electron chi connectivity index (χ1n) is 8.43. The van der Waals surface area contributed by atoms with E-state index in [1.165, 1.54) is 36.4 Å². The Hall–Kier alpha value is -3.30. The molecule has 6 nitrogen and oxygen atoms in total. The zero-order valence-electron chi connectivity index (χ0n) is 15.1. The van der Waals surface area contributed by atoms with E-state index in [0.29, 0.717) is 0 Å². The summed E-state index contributed by atoms with van der Waals surface area (Å²) < 4.78 is 54.6. The Labute approximate surface area is 176 Å². The number of nitrogens with one attached hydrogen (secondary N) is 2. The number of hydrazone groups is 1. The minimum absolute atomic E-state index is 0.0248. The monoisotopic (exact) mass is 449 g/mol. The van der Waals surface area contributed by atoms with E-state index < -0.39 is 33.1 Å². The van der Waals surface area contributed by atoms with Gasteiger partial charge in [0.05, 0.1) is 27.4 Å². The van der Waals surface area contributed by atoms with Gasteiger partial charge < -0.3 is 0 Å². The van der Waals surface area contributed by atoms with Crippen molar-refractivity contribution in [3.05, 3.63) is 94.5 Å². The minimum Gasteiger partial charge on any atom is -0.278 e. The van der Waals surface area contributed by atoms with Crippen molar-refractivity contribution in [2.75, 3.05) is 4.72 Å². The Bertz CT molecular complexity index is 1210. The Morgan fingerprint density at radius 1 is 0.967 bits per heavy atom. The highest BCUT2D eigenvalue weighted by Gasteiger charge is 2.17. The van der Waals surface area contributed by atoms with Crippen molar-refractivity contribution in [1.29, 1.82) is 0 Å². The minimum atomic E-state index is -4.02. The molecule has 0 atom stereocenters. The van der Waals surface area contributed by atoms with Crippen molar-refractivity contribution in [3.63, 3.8) is 0 Å². The van der Waals surface area contributed by atoms with Gasteiger partial charge in [-0.1, -0.05) is 35.9 Å². The van der Waals surface area contributed by atoms with Crippen molar-refractivity contribution in [1.82, 2.24) is 5.43 Å². The van der Waals surface area contributed by atoms with Crippen molar-refractivity contribution in [3.8, 4) is 0 Å². The molecule has 0 aliphatic carbocycles. The maximum atomic E-state index is 13.6. The van der Waals surface area contributed by atoms with Gasteiger partial charge in [-0.3, -0.25) is 9.52 Å². The molecule has 30 heavy (non-hydrogen) atoms. The number of amides is 1. The van der Waals surface area contributed by atoms with Gasteiger partial charge in [-0.25, -0.2) is 22.6 Å². The van der Waals surface area contributed by atoms with E-state index in [1.807, 2.05) is 0 Å². The van der Waals surface area contributed by atoms with Crippen LogP contribution in [0.1, 0.15) is 15.9 Å². The first-order chi connectivity index (χ1) is 14.3. The molecular formula is C20H14ClF2N3O3S. The van der Waals surface area contributed by atoms with Crippen LogP contribution in [0.25, 0.3) is 0 Å². The maximum absolute atomic E-state index is 13.6. The summed E-state index contributed by atoms with van der Waals surface area (Å²) in [6, 6.07) is 14.7. The van der Waals surface area contributed by atoms with Crippen LogP contribution >= 0.6 is 11.6 Å². The number of hydrogen-bond donors (Lipinski definition) is 2. The molecule has 2 N–H and O–H groups in total. The molecule has 3 aromatic rings. The molecule has 0 aromatic heterocycles. The van der Waals surface area contributed by atoms with Gasteiger partial charge >= 0.3 is 0 Å². The highest BCUT2D eigenvalue weighted by molar-refractivity contribution is 7.92. The van der Waals surface area contributed by atoms with Crippen molar-refractivity contribution < 1.29 is 22.0 Å². The lowest BCUT2D eigenvalue weighted by Gasteiger charge is -2.10. The molecule has 0 bridgehead atoms. The van der Waals surface area contributed by atoms with E-state index in [4.69, 9.17) is 11.6 Å². The second-order valence-corrected chi connectivity index (χ2v) is 8.04. The highest BCUT2D eigenvalue weighted by Crippen LogP contribution is 2.24. The molecule has 0 fully saturated rings. The normalized spacial score (nSPS) is 11.4. The van der Waals surface area contributed by atoms with Crippen molar-refractivity contribution >= 4 is 39.4 Å². The first kappa shape index (κ1) is 21.4. The summed E-state index contributed by atoms with van der Waals surface area (Å²) in [5.74, 6) is -2.45. The van der Waals surface area contributed by atoms with Gasteiger partial charge in [-0.05, 0) is 42.5 Å². The van der Waals surface area contributed by atoms with E-state index in [0.717, 1.165) is 24.4 Å². The number of rotatable bonds is 6. The van der Waals surface area contributed by atoms with Crippen LogP contribution in [0.5, 0.6) is 0 Å². The Balaban J connectivity index is 1.77. The Morgan fingerprint density at radius 2 is 1.63 bits per heavy atom. The van der Waals surface area contributed by atoms with E-state index >= 15 is 0 Å². The van der Waals surface area contributed by atoms with E-state index in [1.54, 1.807) is 12.1 Å². The van der Waals surface area contributed by atoms with Gasteiger partial charge in [0.2, 0.25) is 0 Å². The number of carbonyl (C=O) groups excluding carboxylic acids is 1. The number of carbonyl (C=O) groups is 1. The van der Waals surface area contributed by atoms with Crippen LogP contribution in [0.15, 0.2) is 76.7 Å². The SMILES string of the molecule is O=C(N/N=C/c1c(F)cccc1F)c1cccc(S(=O)(=O)Nc2ccccc2Cl)c1. The lowest BCUT2D eigenvalue weighted by atomic mass is 10.2. The summed E-state index contributed by atoms with van der Waals surface area (Å²) in [7, 11) is -4.02. The van der Waals surface area contributed by atoms with Crippen LogP contribution in [-0.2, 0) is 10.0 Å². The number of halogens is 3. The molecule has 0 radical (unpaired) electrons. The molecule has 1 amide bonds. The second kappa shape index (κ2) is 9.02. The smallest absolute Gasteiger partial charge is 0.271 e. The van der Waals surface area contributed by atoms with Gasteiger partial charge in [-0.15, -0.1) is 0 Å². The second-order valence-electron chi connectivity index (χ2n) is 5.95. The third kappa shape index (κ3) is 5.00. The predicted molar refractivity (Wildman–Crippen MR) is 110 cm³/mol. The van der Waals surface area contributed by atoms with Crippen molar-refractivity contribution in [2.45, 2.75) is 4.90 Å². The molecule has 10 heteroatoms. The molecule has 0 aliphatic rings. The number of para-hydroxylation sites is 1. The van der Waals surface area contributed by atoms with Gasteiger partial charge in [0.15, 0.2) is 0 Å². The molecular weight excluding hydrogens is 436 g/mol. The molecule has 3 rings (SSSR count). The zero-order valence-corrected chi connectivity index (χ0v) is 16.7. The molecule has 0 unspecified atom stereocenters. The summed E-state index contributed by atoms with van der Waals surface area (Å²) in [6.45, 7) is 0. The number of benzene rings is 3. The van der Waals surface area contributed by atoms with Gasteiger partial charge in [0, 0.05) is 5.56 Å². The van der Waals surface area contributed by atoms with E-state index in [9.17, 15) is 22.0 Å². The number of sulfonamides is 1. The van der Waals surface area contributed by atoms with Crippen LogP contribution in [0.3, 0.4) is 0 Å². The number of hydrogen-bond acceptors (Lipinski definition) is 4. The molecule has 0 heterocycles. The molecule has 154 valence electrons. The average Bonchev–Trinajstić information content (AvgIpc) is 2.72. The van der Waals surface area contributed by atoms with E-state index in [2.05, 4.69) is 15.2 Å². The third-order valence-corrected chi connectivity index (χ3v) is 5.58. The van der Waals surface area contributed by atoms with Crippen LogP contribution < -0.4 is 10.1 Å². The lowest BCUT2D eigenvalue weighted by molar-refractivity contribution is 0.0955. The summed E-state index contributed by atoms with van der Waals surface area (Å²) in [5.41, 5.74) is 1.84. The molecule has 0 aliphatic heterocycles. The van der Waals surface area contributed by atoms with E-state index in [-0.39, 0.29) is 21.2 Å². The summed E-state index contributed by atoms with van der Waals surface area (Å²) in [4.78, 5) is 12.1. The fraction of sp³-hybridized carbons (Fsp3) is 0. The summed E-state index contributed by atoms with van der Waals surface area (Å²) in [6.07, 6.45) is 0.822. The molecule has 3 aromatic carbocycles. The van der Waals surface area contributed by atoms with Crippen LogP contribution in [-0.4, -0.2) is 20.5 Å². The van der Waals surface area contributed by atoms with Gasteiger partial charge in [-0.2, -0.15) is 5.10 Å². The van der Waals surface area contributed by atoms with Crippen LogP contribution in [0, 0.1) is 11.6 Å². The number of nitrogens with zero attached hydrogens (tertiary/aromatic N) is 1. The molecule has 0 spiro atoms. The molecule has 0 saturated carbocycles. The van der Waals surface area contributed by atoms with Crippen LogP contribution in [0.4, 0.5) is 14.5 Å². The van der Waals surface area contributed by atoms with Gasteiger partial charge in [0.25, 0.3) is 15.9 Å². The lowest BCUT2D eigenvalue weighted by Crippen LogP contribution is -2.19. The fourth-order valence-electron chi connectivity index (χ4n) is 2.41. The first-order valence-corrected chi connectivity index (χ1v) is 10.3. The Morgan fingerprint density at radius 3 is 2.33 bits per heavy atom. The van der Waals surface area contributed by atoms with Crippen molar-refractivity contribution in [2.24, 2.45) is 5.10 Å². The third-order valence-electron chi connectivity index (χ3n) is 3.88. The molecule has 0 saturated heterocycles. The van der Waals surface area contributed by atoms with Crippen LogP contribution in [0.2, 0.25) is 5.02 Å². The fourth-order valence-corrected chi connectivity index (χ4v) is 3.77. The van der Waals surface area contributed by atoms with Gasteiger partial charge in [0.1, 0.15) is 11.6 Å². The zero-order chi connectivity index (χ0) is 21.7. The largest absolute Gasteiger partial charge is 0.278 e. The predicted octanol–water partition coefficient (Wildman–Crippen LogP) is 4.18. The maximum Gasteiger partial charge on any atom is 0.271 e. The summed E-state index contributed by atoms with van der Waals surface area (Å²) >= 11 is 5.97. The standard InChI is InChI=1S/C20H14ClF2N3O3S/c21-16-7-1-2-10-19(16)26-30(28,29)14-6-3-5-13(11-14)20(27)25-24-12-15-17(22)8-4-9-18(15)23/h1-12,26H,(H,25,27)/b24-12+. The quantitative estimate of drug-likeness (QED) is 0.437.